The molecule has 2 heterocycles. The summed E-state index contributed by atoms with van der Waals surface area (Å²) in [7, 11) is 1.59. The van der Waals surface area contributed by atoms with Gasteiger partial charge in [0.1, 0.15) is 12.9 Å². The van der Waals surface area contributed by atoms with Gasteiger partial charge in [0.15, 0.2) is 5.79 Å². The van der Waals surface area contributed by atoms with E-state index in [4.69, 9.17) is 18.9 Å². The van der Waals surface area contributed by atoms with Gasteiger partial charge in [-0.2, -0.15) is 0 Å². The van der Waals surface area contributed by atoms with E-state index in [1.807, 2.05) is 0 Å². The van der Waals surface area contributed by atoms with Crippen molar-refractivity contribution in [3.8, 4) is 0 Å². The van der Waals surface area contributed by atoms with E-state index in [1.165, 1.54) is 0 Å². The Kier molecular flexibility index (Phi) is 4.61. The maximum absolute atomic E-state index is 9.51. The smallest absolute Gasteiger partial charge is 0.171 e. The van der Waals surface area contributed by atoms with Crippen LogP contribution < -0.4 is 0 Å². The Labute approximate surface area is 108 Å². The van der Waals surface area contributed by atoms with Crippen molar-refractivity contribution in [3.05, 3.63) is 0 Å². The molecule has 1 N–H and O–H groups in total. The molecule has 0 saturated carbocycles. The Morgan fingerprint density at radius 2 is 2.17 bits per heavy atom. The number of aliphatic hydroxyl groups is 1. The monoisotopic (exact) mass is 260 g/mol. The number of rotatable bonds is 4. The predicted octanol–water partition coefficient (Wildman–Crippen LogP) is 1.15. The van der Waals surface area contributed by atoms with E-state index < -0.39 is 5.79 Å². The summed E-state index contributed by atoms with van der Waals surface area (Å²) in [4.78, 5) is 0. The fourth-order valence-electron chi connectivity index (χ4n) is 3.09. The molecular formula is C13H24O5. The average Bonchev–Trinajstić information content (AvgIpc) is 2.84. The molecule has 2 aliphatic heterocycles. The molecule has 5 atom stereocenters. The van der Waals surface area contributed by atoms with Gasteiger partial charge in [0.25, 0.3) is 0 Å². The van der Waals surface area contributed by atoms with Crippen molar-refractivity contribution in [1.82, 2.24) is 0 Å². The van der Waals surface area contributed by atoms with Gasteiger partial charge >= 0.3 is 0 Å². The van der Waals surface area contributed by atoms with Gasteiger partial charge in [-0.25, -0.2) is 0 Å². The van der Waals surface area contributed by atoms with Crippen LogP contribution in [0.1, 0.15) is 26.7 Å². The lowest BCUT2D eigenvalue weighted by Crippen LogP contribution is -2.58. The van der Waals surface area contributed by atoms with Gasteiger partial charge in [-0.15, -0.1) is 0 Å². The van der Waals surface area contributed by atoms with E-state index >= 15 is 0 Å². The highest BCUT2D eigenvalue weighted by molar-refractivity contribution is 4.95. The second-order valence-corrected chi connectivity index (χ2v) is 5.29. The molecule has 0 aromatic rings. The summed E-state index contributed by atoms with van der Waals surface area (Å²) < 4.78 is 22.5. The molecule has 0 aliphatic carbocycles. The average molecular weight is 260 g/mol. The van der Waals surface area contributed by atoms with Crippen LogP contribution in [0.2, 0.25) is 0 Å². The molecule has 106 valence electrons. The molecule has 1 spiro atoms. The van der Waals surface area contributed by atoms with Crippen LogP contribution in [0, 0.1) is 11.8 Å². The molecule has 0 aromatic carbocycles. The lowest BCUT2D eigenvalue weighted by molar-refractivity contribution is -0.332. The van der Waals surface area contributed by atoms with E-state index in [0.29, 0.717) is 0 Å². The summed E-state index contributed by atoms with van der Waals surface area (Å²) >= 11 is 0. The number of hydrogen-bond acceptors (Lipinski definition) is 5. The van der Waals surface area contributed by atoms with Crippen LogP contribution in [0.25, 0.3) is 0 Å². The molecule has 5 heteroatoms. The zero-order valence-corrected chi connectivity index (χ0v) is 11.4. The first-order valence-electron chi connectivity index (χ1n) is 6.68. The molecule has 5 nitrogen and oxygen atoms in total. The highest BCUT2D eigenvalue weighted by Crippen LogP contribution is 2.45. The quantitative estimate of drug-likeness (QED) is 0.768. The van der Waals surface area contributed by atoms with Crippen LogP contribution in [0.5, 0.6) is 0 Å². The first kappa shape index (κ1) is 14.2. The number of methoxy groups -OCH3 is 1. The lowest BCUT2D eigenvalue weighted by atomic mass is 9.78. The number of hydrogen-bond donors (Lipinski definition) is 1. The van der Waals surface area contributed by atoms with Crippen LogP contribution in [0.15, 0.2) is 0 Å². The van der Waals surface area contributed by atoms with E-state index in [9.17, 15) is 5.11 Å². The van der Waals surface area contributed by atoms with Crippen molar-refractivity contribution < 1.29 is 24.1 Å². The van der Waals surface area contributed by atoms with E-state index in [1.54, 1.807) is 7.11 Å². The summed E-state index contributed by atoms with van der Waals surface area (Å²) in [5.74, 6) is -0.0338. The molecule has 0 aromatic heterocycles. The third-order valence-corrected chi connectivity index (χ3v) is 4.29. The predicted molar refractivity (Wildman–Crippen MR) is 65.0 cm³/mol. The summed E-state index contributed by atoms with van der Waals surface area (Å²) in [5, 5.41) is 9.51. The standard InChI is InChI=1S/C13H24O5/c1-9-10(2)13(5-4-6-17-13)18-11(7-14)12(9)16-8-15-3/h9-12,14H,4-8H2,1-3H3/t9-,10-,11-,12+,13+/m0/s1. The molecule has 2 fully saturated rings. The van der Waals surface area contributed by atoms with E-state index in [0.717, 1.165) is 19.4 Å². The lowest BCUT2D eigenvalue weighted by Gasteiger charge is -2.49. The zero-order valence-electron chi connectivity index (χ0n) is 11.4. The largest absolute Gasteiger partial charge is 0.394 e. The molecule has 0 radical (unpaired) electrons. The summed E-state index contributed by atoms with van der Waals surface area (Å²) in [6.07, 6.45) is 1.41. The third-order valence-electron chi connectivity index (χ3n) is 4.29. The summed E-state index contributed by atoms with van der Waals surface area (Å²) in [5.41, 5.74) is 0. The van der Waals surface area contributed by atoms with Gasteiger partial charge in [-0.05, 0) is 12.3 Å². The van der Waals surface area contributed by atoms with Crippen molar-refractivity contribution in [2.24, 2.45) is 11.8 Å². The molecule has 2 saturated heterocycles. The number of aliphatic hydroxyl groups excluding tert-OH is 1. The van der Waals surface area contributed by atoms with E-state index in [-0.39, 0.29) is 37.4 Å². The van der Waals surface area contributed by atoms with Gasteiger partial charge in [0.2, 0.25) is 0 Å². The van der Waals surface area contributed by atoms with Crippen LogP contribution in [-0.4, -0.2) is 50.2 Å². The SMILES string of the molecule is COCO[C@@H]1[C@@H](C)[C@H](C)[C@@]2(CCCO2)O[C@H]1CO. The maximum atomic E-state index is 9.51. The Balaban J connectivity index is 2.11. The summed E-state index contributed by atoms with van der Waals surface area (Å²) in [6.45, 7) is 5.15. The first-order chi connectivity index (χ1) is 8.64. The molecule has 0 unspecified atom stereocenters. The van der Waals surface area contributed by atoms with Crippen LogP contribution in [0.4, 0.5) is 0 Å². The van der Waals surface area contributed by atoms with Crippen molar-refractivity contribution in [2.75, 3.05) is 27.1 Å². The maximum Gasteiger partial charge on any atom is 0.171 e. The van der Waals surface area contributed by atoms with Gasteiger partial charge < -0.3 is 24.1 Å². The van der Waals surface area contributed by atoms with E-state index in [2.05, 4.69) is 13.8 Å². The normalized spacial score (nSPS) is 44.7. The molecule has 18 heavy (non-hydrogen) atoms. The molecule has 2 aliphatic rings. The Morgan fingerprint density at radius 3 is 2.72 bits per heavy atom. The summed E-state index contributed by atoms with van der Waals surface area (Å²) in [6, 6.07) is 0. The van der Waals surface area contributed by atoms with Gasteiger partial charge in [0, 0.05) is 19.4 Å². The highest BCUT2D eigenvalue weighted by Gasteiger charge is 2.53. The van der Waals surface area contributed by atoms with Gasteiger partial charge in [0.05, 0.1) is 19.3 Å². The Morgan fingerprint density at radius 1 is 1.39 bits per heavy atom. The molecule has 0 bridgehead atoms. The zero-order chi connectivity index (χ0) is 13.2. The minimum Gasteiger partial charge on any atom is -0.394 e. The highest BCUT2D eigenvalue weighted by atomic mass is 16.7. The number of ether oxygens (including phenoxy) is 4. The van der Waals surface area contributed by atoms with Gasteiger partial charge in [-0.1, -0.05) is 13.8 Å². The van der Waals surface area contributed by atoms with Crippen molar-refractivity contribution in [2.45, 2.75) is 44.7 Å². The van der Waals surface area contributed by atoms with Crippen LogP contribution in [-0.2, 0) is 18.9 Å². The topological polar surface area (TPSA) is 57.2 Å². The Hall–Kier alpha value is -0.200. The van der Waals surface area contributed by atoms with Crippen molar-refractivity contribution in [1.29, 1.82) is 0 Å². The van der Waals surface area contributed by atoms with Gasteiger partial charge in [-0.3, -0.25) is 0 Å². The molecular weight excluding hydrogens is 236 g/mol. The fraction of sp³-hybridized carbons (Fsp3) is 1.00. The molecule has 0 amide bonds. The third kappa shape index (κ3) is 2.42. The first-order valence-corrected chi connectivity index (χ1v) is 6.68. The minimum absolute atomic E-state index is 0.0590. The second kappa shape index (κ2) is 5.84. The molecule has 2 rings (SSSR count). The minimum atomic E-state index is -0.528. The van der Waals surface area contributed by atoms with Crippen molar-refractivity contribution >= 4 is 0 Å². The van der Waals surface area contributed by atoms with Crippen LogP contribution in [0.3, 0.4) is 0 Å². The van der Waals surface area contributed by atoms with Crippen LogP contribution >= 0.6 is 0 Å². The Bertz CT molecular complexity index is 262. The fourth-order valence-corrected chi connectivity index (χ4v) is 3.09. The second-order valence-electron chi connectivity index (χ2n) is 5.29. The van der Waals surface area contributed by atoms with Crippen molar-refractivity contribution in [3.63, 3.8) is 0 Å².